The molecule has 2 aliphatic heterocycles. The largest absolute Gasteiger partial charge is 0.375 e. The fourth-order valence-corrected chi connectivity index (χ4v) is 4.97. The average molecular weight is 476 g/mol. The lowest BCUT2D eigenvalue weighted by molar-refractivity contribution is -0.0561. The van der Waals surface area contributed by atoms with E-state index in [1.807, 2.05) is 32.3 Å². The van der Waals surface area contributed by atoms with Gasteiger partial charge in [-0.25, -0.2) is 4.98 Å². The molecule has 3 aromatic rings. The van der Waals surface area contributed by atoms with Crippen LogP contribution in [0.1, 0.15) is 18.5 Å². The molecular weight excluding hydrogens is 449 g/mol. The van der Waals surface area contributed by atoms with Crippen LogP contribution in [0, 0.1) is 5.92 Å². The molecule has 2 fully saturated rings. The highest BCUT2D eigenvalue weighted by molar-refractivity contribution is 6.35. The van der Waals surface area contributed by atoms with Gasteiger partial charge in [-0.2, -0.15) is 10.1 Å². The van der Waals surface area contributed by atoms with E-state index in [4.69, 9.17) is 37.9 Å². The quantitative estimate of drug-likeness (QED) is 0.603. The molecule has 2 atom stereocenters. The molecule has 10 heteroatoms. The van der Waals surface area contributed by atoms with Gasteiger partial charge in [0.2, 0.25) is 5.95 Å². The number of likely N-dealkylation sites (N-methyl/N-ethyl adjacent to an activating group) is 1. The second-order valence-electron chi connectivity index (χ2n) is 8.78. The van der Waals surface area contributed by atoms with Crippen LogP contribution < -0.4 is 10.2 Å². The third-order valence-electron chi connectivity index (χ3n) is 6.26. The summed E-state index contributed by atoms with van der Waals surface area (Å²) in [5.74, 6) is 1.90. The minimum absolute atomic E-state index is 0.0805. The van der Waals surface area contributed by atoms with E-state index in [1.54, 1.807) is 10.7 Å². The standard InChI is InChI=1S/C22H27Cl2N7O/c1-13(16-5-4-15(23)8-17(16)24)25-21-20-18(11-30(3)28-20)26-22(27-21)31-9-14(10-31)19-12-29(2)6-7-32-19/h4-5,8,11,13-14,19H,6-7,9-10,12H2,1-3H3,(H,25,26,27)/t13-,19-/m1/s1. The van der Waals surface area contributed by atoms with Gasteiger partial charge in [-0.3, -0.25) is 4.68 Å². The fraction of sp³-hybridized carbons (Fsp3) is 0.500. The second-order valence-corrected chi connectivity index (χ2v) is 9.62. The van der Waals surface area contributed by atoms with E-state index < -0.39 is 0 Å². The maximum Gasteiger partial charge on any atom is 0.228 e. The number of hydrogen-bond donors (Lipinski definition) is 1. The van der Waals surface area contributed by atoms with E-state index in [0.717, 1.165) is 49.4 Å². The number of fused-ring (bicyclic) bond motifs is 1. The number of nitrogens with zero attached hydrogens (tertiary/aromatic N) is 6. The minimum Gasteiger partial charge on any atom is -0.375 e. The first-order chi connectivity index (χ1) is 15.4. The number of aryl methyl sites for hydroxylation is 1. The Balaban J connectivity index is 1.37. The molecule has 1 aromatic carbocycles. The highest BCUT2D eigenvalue weighted by atomic mass is 35.5. The summed E-state index contributed by atoms with van der Waals surface area (Å²) in [5.41, 5.74) is 2.50. The molecule has 4 heterocycles. The van der Waals surface area contributed by atoms with Gasteiger partial charge in [-0.05, 0) is 31.7 Å². The molecule has 2 aliphatic rings. The first kappa shape index (κ1) is 21.7. The van der Waals surface area contributed by atoms with Crippen LogP contribution in [0.3, 0.4) is 0 Å². The summed E-state index contributed by atoms with van der Waals surface area (Å²) in [6, 6.07) is 5.45. The minimum atomic E-state index is -0.0805. The summed E-state index contributed by atoms with van der Waals surface area (Å²) in [6.07, 6.45) is 2.19. The van der Waals surface area contributed by atoms with Crippen LogP contribution in [-0.2, 0) is 11.8 Å². The van der Waals surface area contributed by atoms with Gasteiger partial charge < -0.3 is 19.9 Å². The Kier molecular flexibility index (Phi) is 5.88. The molecule has 0 radical (unpaired) electrons. The molecule has 5 rings (SSSR count). The zero-order valence-corrected chi connectivity index (χ0v) is 19.9. The van der Waals surface area contributed by atoms with Gasteiger partial charge in [-0.1, -0.05) is 29.3 Å². The van der Waals surface area contributed by atoms with Crippen molar-refractivity contribution in [1.29, 1.82) is 0 Å². The average Bonchev–Trinajstić information content (AvgIpc) is 3.07. The van der Waals surface area contributed by atoms with Crippen LogP contribution in [0.25, 0.3) is 11.0 Å². The lowest BCUT2D eigenvalue weighted by atomic mass is 9.93. The first-order valence-electron chi connectivity index (χ1n) is 10.9. The van der Waals surface area contributed by atoms with Crippen molar-refractivity contribution in [2.75, 3.05) is 50.1 Å². The Morgan fingerprint density at radius 3 is 2.72 bits per heavy atom. The number of ether oxygens (including phenoxy) is 1. The molecule has 0 unspecified atom stereocenters. The van der Waals surface area contributed by atoms with E-state index in [2.05, 4.69) is 27.3 Å². The maximum atomic E-state index is 6.43. The molecule has 0 bridgehead atoms. The third kappa shape index (κ3) is 4.24. The highest BCUT2D eigenvalue weighted by Crippen LogP contribution is 2.33. The van der Waals surface area contributed by atoms with E-state index in [1.165, 1.54) is 0 Å². The van der Waals surface area contributed by atoms with Crippen molar-refractivity contribution in [1.82, 2.24) is 24.6 Å². The van der Waals surface area contributed by atoms with Gasteiger partial charge >= 0.3 is 0 Å². The second kappa shape index (κ2) is 8.67. The van der Waals surface area contributed by atoms with Gasteiger partial charge in [0, 0.05) is 49.2 Å². The monoisotopic (exact) mass is 475 g/mol. The molecule has 0 spiro atoms. The molecule has 2 aromatic heterocycles. The number of nitrogens with one attached hydrogen (secondary N) is 1. The van der Waals surface area contributed by atoms with Crippen molar-refractivity contribution in [3.05, 3.63) is 40.0 Å². The summed E-state index contributed by atoms with van der Waals surface area (Å²) in [6.45, 7) is 6.60. The fourth-order valence-electron chi connectivity index (χ4n) is 4.40. The predicted octanol–water partition coefficient (Wildman–Crippen LogP) is 3.61. The zero-order valence-electron chi connectivity index (χ0n) is 18.4. The smallest absolute Gasteiger partial charge is 0.228 e. The van der Waals surface area contributed by atoms with Crippen molar-refractivity contribution >= 4 is 46.0 Å². The summed E-state index contributed by atoms with van der Waals surface area (Å²) in [5, 5.41) is 9.29. The molecular formula is C22H27Cl2N7O. The van der Waals surface area contributed by atoms with E-state index in [9.17, 15) is 0 Å². The van der Waals surface area contributed by atoms with Gasteiger partial charge in [0.15, 0.2) is 11.3 Å². The predicted molar refractivity (Wildman–Crippen MR) is 128 cm³/mol. The van der Waals surface area contributed by atoms with Crippen LogP contribution >= 0.6 is 23.2 Å². The molecule has 2 saturated heterocycles. The number of benzene rings is 1. The lowest BCUT2D eigenvalue weighted by Crippen LogP contribution is -2.57. The van der Waals surface area contributed by atoms with E-state index in [0.29, 0.717) is 27.7 Å². The Labute approximate surface area is 197 Å². The number of halogens is 2. The molecule has 0 amide bonds. The summed E-state index contributed by atoms with van der Waals surface area (Å²) >= 11 is 12.5. The molecule has 0 saturated carbocycles. The summed E-state index contributed by atoms with van der Waals surface area (Å²) in [4.78, 5) is 14.2. The van der Waals surface area contributed by atoms with Gasteiger partial charge in [-0.15, -0.1) is 0 Å². The molecule has 0 aliphatic carbocycles. The third-order valence-corrected chi connectivity index (χ3v) is 6.83. The van der Waals surface area contributed by atoms with Crippen LogP contribution in [0.2, 0.25) is 10.0 Å². The number of morpholine rings is 1. The molecule has 170 valence electrons. The zero-order chi connectivity index (χ0) is 22.4. The van der Waals surface area contributed by atoms with Crippen LogP contribution in [0.4, 0.5) is 11.8 Å². The Bertz CT molecular complexity index is 1130. The van der Waals surface area contributed by atoms with Gasteiger partial charge in [0.05, 0.1) is 24.9 Å². The molecule has 8 nitrogen and oxygen atoms in total. The van der Waals surface area contributed by atoms with Crippen LogP contribution in [0.5, 0.6) is 0 Å². The number of anilines is 2. The van der Waals surface area contributed by atoms with Crippen molar-refractivity contribution in [3.63, 3.8) is 0 Å². The number of hydrogen-bond acceptors (Lipinski definition) is 7. The Morgan fingerprint density at radius 1 is 1.16 bits per heavy atom. The summed E-state index contributed by atoms with van der Waals surface area (Å²) < 4.78 is 7.76. The topological polar surface area (TPSA) is 71.3 Å². The normalized spacial score (nSPS) is 21.0. The number of rotatable bonds is 5. The van der Waals surface area contributed by atoms with Crippen LogP contribution in [0.15, 0.2) is 24.4 Å². The highest BCUT2D eigenvalue weighted by Gasteiger charge is 2.37. The maximum absolute atomic E-state index is 6.43. The van der Waals surface area contributed by atoms with Gasteiger partial charge in [0.25, 0.3) is 0 Å². The molecule has 32 heavy (non-hydrogen) atoms. The number of aromatic nitrogens is 4. The summed E-state index contributed by atoms with van der Waals surface area (Å²) in [7, 11) is 4.04. The van der Waals surface area contributed by atoms with Gasteiger partial charge in [0.1, 0.15) is 5.52 Å². The van der Waals surface area contributed by atoms with Crippen molar-refractivity contribution < 1.29 is 4.74 Å². The first-order valence-corrected chi connectivity index (χ1v) is 11.6. The van der Waals surface area contributed by atoms with Crippen molar-refractivity contribution in [3.8, 4) is 0 Å². The van der Waals surface area contributed by atoms with Crippen molar-refractivity contribution in [2.24, 2.45) is 13.0 Å². The van der Waals surface area contributed by atoms with E-state index >= 15 is 0 Å². The Morgan fingerprint density at radius 2 is 1.97 bits per heavy atom. The lowest BCUT2D eigenvalue weighted by Gasteiger charge is -2.45. The Hall–Kier alpha value is -2.13. The van der Waals surface area contributed by atoms with E-state index in [-0.39, 0.29) is 12.1 Å². The van der Waals surface area contributed by atoms with Crippen LogP contribution in [-0.4, -0.2) is 70.6 Å². The molecule has 1 N–H and O–H groups in total. The van der Waals surface area contributed by atoms with Crippen molar-refractivity contribution in [2.45, 2.75) is 19.1 Å². The SMILES string of the molecule is C[C@@H](Nc1nc(N2CC([C@H]3CN(C)CCO3)C2)nc2cn(C)nc12)c1ccc(Cl)cc1Cl.